The summed E-state index contributed by atoms with van der Waals surface area (Å²) in [5, 5.41) is 2.85. The van der Waals surface area contributed by atoms with E-state index in [1.165, 1.54) is 0 Å². The Bertz CT molecular complexity index is 373. The second-order valence-electron chi connectivity index (χ2n) is 3.97. The molecule has 2 rings (SSSR count). The summed E-state index contributed by atoms with van der Waals surface area (Å²) in [7, 11) is 0. The summed E-state index contributed by atoms with van der Waals surface area (Å²) in [6.07, 6.45) is 2.28. The van der Waals surface area contributed by atoms with Gasteiger partial charge in [0.1, 0.15) is 0 Å². The number of anilines is 1. The van der Waals surface area contributed by atoms with E-state index in [9.17, 15) is 4.79 Å². The van der Waals surface area contributed by atoms with Gasteiger partial charge in [-0.15, -0.1) is 0 Å². The largest absolute Gasteiger partial charge is 0.399 e. The Morgan fingerprint density at radius 1 is 1.56 bits per heavy atom. The lowest BCUT2D eigenvalue weighted by atomic mass is 10.2. The van der Waals surface area contributed by atoms with Gasteiger partial charge >= 0.3 is 0 Å². The lowest BCUT2D eigenvalue weighted by Gasteiger charge is -2.10. The van der Waals surface area contributed by atoms with Gasteiger partial charge in [0.05, 0.1) is 6.10 Å². The molecule has 0 spiro atoms. The minimum absolute atomic E-state index is 0.0946. The van der Waals surface area contributed by atoms with Crippen LogP contribution in [0.25, 0.3) is 0 Å². The minimum Gasteiger partial charge on any atom is -0.399 e. The first-order valence-corrected chi connectivity index (χ1v) is 5.51. The number of hydrogen-bond donors (Lipinski definition) is 2. The lowest BCUT2D eigenvalue weighted by Crippen LogP contribution is -2.31. The first-order valence-electron chi connectivity index (χ1n) is 5.51. The molecule has 0 saturated carbocycles. The molecule has 1 fully saturated rings. The number of amides is 1. The van der Waals surface area contributed by atoms with Gasteiger partial charge in [0.2, 0.25) is 0 Å². The third kappa shape index (κ3) is 2.73. The molecule has 1 heterocycles. The molecule has 4 heteroatoms. The molecule has 1 amide bonds. The summed E-state index contributed by atoms with van der Waals surface area (Å²) in [4.78, 5) is 11.7. The topological polar surface area (TPSA) is 64.4 Å². The van der Waals surface area contributed by atoms with Gasteiger partial charge in [-0.3, -0.25) is 4.79 Å². The monoisotopic (exact) mass is 220 g/mol. The van der Waals surface area contributed by atoms with Crippen molar-refractivity contribution in [2.45, 2.75) is 18.9 Å². The van der Waals surface area contributed by atoms with Crippen LogP contribution in [0.3, 0.4) is 0 Å². The molecular formula is C12H16N2O2. The summed E-state index contributed by atoms with van der Waals surface area (Å²) in [6.45, 7) is 1.38. The molecule has 0 aromatic heterocycles. The Labute approximate surface area is 94.8 Å². The van der Waals surface area contributed by atoms with E-state index in [1.54, 1.807) is 24.3 Å². The number of carbonyl (C=O) groups is 1. The van der Waals surface area contributed by atoms with Gasteiger partial charge in [-0.05, 0) is 31.0 Å². The zero-order chi connectivity index (χ0) is 11.4. The van der Waals surface area contributed by atoms with Crippen LogP contribution in [-0.4, -0.2) is 25.2 Å². The van der Waals surface area contributed by atoms with Crippen LogP contribution < -0.4 is 11.1 Å². The van der Waals surface area contributed by atoms with Crippen LogP contribution in [0.1, 0.15) is 23.2 Å². The number of carbonyl (C=O) groups excluding carboxylic acids is 1. The van der Waals surface area contributed by atoms with E-state index >= 15 is 0 Å². The molecule has 1 aromatic rings. The molecule has 16 heavy (non-hydrogen) atoms. The van der Waals surface area contributed by atoms with E-state index in [0.717, 1.165) is 19.4 Å². The number of nitrogens with one attached hydrogen (secondary N) is 1. The maximum Gasteiger partial charge on any atom is 0.251 e. The van der Waals surface area contributed by atoms with Gasteiger partial charge in [-0.25, -0.2) is 0 Å². The second-order valence-corrected chi connectivity index (χ2v) is 3.97. The van der Waals surface area contributed by atoms with Crippen LogP contribution in [0.15, 0.2) is 24.3 Å². The molecule has 86 valence electrons. The van der Waals surface area contributed by atoms with Gasteiger partial charge in [0.25, 0.3) is 5.91 Å². The summed E-state index contributed by atoms with van der Waals surface area (Å²) in [5.74, 6) is -0.0946. The Morgan fingerprint density at radius 3 is 3.12 bits per heavy atom. The van der Waals surface area contributed by atoms with Crippen molar-refractivity contribution >= 4 is 11.6 Å². The second kappa shape index (κ2) is 4.99. The molecule has 3 N–H and O–H groups in total. The number of nitrogen functional groups attached to an aromatic ring is 1. The van der Waals surface area contributed by atoms with Crippen molar-refractivity contribution in [1.29, 1.82) is 0 Å². The molecule has 0 aliphatic carbocycles. The zero-order valence-corrected chi connectivity index (χ0v) is 9.11. The van der Waals surface area contributed by atoms with E-state index in [-0.39, 0.29) is 12.0 Å². The van der Waals surface area contributed by atoms with E-state index in [2.05, 4.69) is 5.32 Å². The molecule has 1 aliphatic heterocycles. The maximum atomic E-state index is 11.7. The fourth-order valence-electron chi connectivity index (χ4n) is 1.79. The molecule has 1 saturated heterocycles. The average molecular weight is 220 g/mol. The summed E-state index contributed by atoms with van der Waals surface area (Å²) in [5.41, 5.74) is 6.81. The van der Waals surface area contributed by atoms with Crippen LogP contribution in [0.5, 0.6) is 0 Å². The summed E-state index contributed by atoms with van der Waals surface area (Å²) in [6, 6.07) is 6.96. The fourth-order valence-corrected chi connectivity index (χ4v) is 1.79. The quantitative estimate of drug-likeness (QED) is 0.752. The van der Waals surface area contributed by atoms with Gasteiger partial charge in [0.15, 0.2) is 0 Å². The Hall–Kier alpha value is -1.55. The first kappa shape index (κ1) is 11.0. The van der Waals surface area contributed by atoms with Crippen molar-refractivity contribution in [2.75, 3.05) is 18.9 Å². The van der Waals surface area contributed by atoms with E-state index in [4.69, 9.17) is 10.5 Å². The third-order valence-electron chi connectivity index (χ3n) is 2.66. The molecular weight excluding hydrogens is 204 g/mol. The first-order chi connectivity index (χ1) is 7.75. The van der Waals surface area contributed by atoms with Crippen molar-refractivity contribution < 1.29 is 9.53 Å². The summed E-state index contributed by atoms with van der Waals surface area (Å²) >= 11 is 0. The molecule has 1 aliphatic rings. The van der Waals surface area contributed by atoms with Crippen molar-refractivity contribution in [3.63, 3.8) is 0 Å². The van der Waals surface area contributed by atoms with Crippen LogP contribution in [-0.2, 0) is 4.74 Å². The van der Waals surface area contributed by atoms with Crippen LogP contribution in [0, 0.1) is 0 Å². The van der Waals surface area contributed by atoms with Crippen molar-refractivity contribution in [3.8, 4) is 0 Å². The Morgan fingerprint density at radius 2 is 2.44 bits per heavy atom. The third-order valence-corrected chi connectivity index (χ3v) is 2.66. The molecule has 1 atom stereocenters. The zero-order valence-electron chi connectivity index (χ0n) is 9.11. The SMILES string of the molecule is Nc1cccc(C(=O)NCC2CCCO2)c1. The molecule has 0 radical (unpaired) electrons. The van der Waals surface area contributed by atoms with Crippen molar-refractivity contribution in [3.05, 3.63) is 29.8 Å². The smallest absolute Gasteiger partial charge is 0.251 e. The highest BCUT2D eigenvalue weighted by atomic mass is 16.5. The summed E-state index contributed by atoms with van der Waals surface area (Å²) < 4.78 is 5.42. The highest BCUT2D eigenvalue weighted by Gasteiger charge is 2.16. The number of hydrogen-bond acceptors (Lipinski definition) is 3. The molecule has 4 nitrogen and oxygen atoms in total. The highest BCUT2D eigenvalue weighted by Crippen LogP contribution is 2.11. The van der Waals surface area contributed by atoms with E-state index in [1.807, 2.05) is 0 Å². The standard InChI is InChI=1S/C12H16N2O2/c13-10-4-1-3-9(7-10)12(15)14-8-11-5-2-6-16-11/h1,3-4,7,11H,2,5-6,8,13H2,(H,14,15). The molecule has 1 aromatic carbocycles. The number of rotatable bonds is 3. The van der Waals surface area contributed by atoms with Gasteiger partial charge < -0.3 is 15.8 Å². The van der Waals surface area contributed by atoms with E-state index in [0.29, 0.717) is 17.8 Å². The predicted octanol–water partition coefficient (Wildman–Crippen LogP) is 1.18. The lowest BCUT2D eigenvalue weighted by molar-refractivity contribution is 0.0858. The average Bonchev–Trinajstić information content (AvgIpc) is 2.78. The van der Waals surface area contributed by atoms with Gasteiger partial charge in [0, 0.05) is 24.4 Å². The predicted molar refractivity (Wildman–Crippen MR) is 62.2 cm³/mol. The van der Waals surface area contributed by atoms with Crippen LogP contribution in [0.4, 0.5) is 5.69 Å². The van der Waals surface area contributed by atoms with Crippen molar-refractivity contribution in [2.24, 2.45) is 0 Å². The fraction of sp³-hybridized carbons (Fsp3) is 0.417. The number of nitrogens with two attached hydrogens (primary N) is 1. The van der Waals surface area contributed by atoms with Gasteiger partial charge in [-0.1, -0.05) is 6.07 Å². The highest BCUT2D eigenvalue weighted by molar-refractivity contribution is 5.94. The molecule has 0 bridgehead atoms. The molecule has 1 unspecified atom stereocenters. The maximum absolute atomic E-state index is 11.7. The Kier molecular flexibility index (Phi) is 3.41. The Balaban J connectivity index is 1.87. The number of ether oxygens (including phenoxy) is 1. The van der Waals surface area contributed by atoms with Crippen LogP contribution >= 0.6 is 0 Å². The minimum atomic E-state index is -0.0946. The van der Waals surface area contributed by atoms with Crippen molar-refractivity contribution in [1.82, 2.24) is 5.32 Å². The van der Waals surface area contributed by atoms with Gasteiger partial charge in [-0.2, -0.15) is 0 Å². The normalized spacial score (nSPS) is 19.6. The number of benzene rings is 1. The van der Waals surface area contributed by atoms with Crippen LogP contribution in [0.2, 0.25) is 0 Å². The van der Waals surface area contributed by atoms with E-state index < -0.39 is 0 Å².